The van der Waals surface area contributed by atoms with Crippen LogP contribution in [0.15, 0.2) is 53.6 Å². The Balaban J connectivity index is 1.72. The Hall–Kier alpha value is -2.36. The maximum absolute atomic E-state index is 13.8. The van der Waals surface area contributed by atoms with Crippen molar-refractivity contribution in [3.8, 4) is 0 Å². The predicted octanol–water partition coefficient (Wildman–Crippen LogP) is 3.28. The molecule has 0 unspecified atom stereocenters. The lowest BCUT2D eigenvalue weighted by Crippen LogP contribution is -2.24. The zero-order valence-corrected chi connectivity index (χ0v) is 12.0. The summed E-state index contributed by atoms with van der Waals surface area (Å²) in [5, 5.41) is 6.21. The van der Waals surface area contributed by atoms with Crippen LogP contribution >= 0.6 is 0 Å². The molecular formula is C17H17FN3. The molecule has 21 heavy (non-hydrogen) atoms. The highest BCUT2D eigenvalue weighted by molar-refractivity contribution is 5.85. The molecule has 0 saturated carbocycles. The third-order valence-electron chi connectivity index (χ3n) is 3.53. The van der Waals surface area contributed by atoms with Crippen LogP contribution in [0.5, 0.6) is 0 Å². The topological polar surface area (TPSA) is 18.8 Å². The van der Waals surface area contributed by atoms with Crippen LogP contribution in [0.3, 0.4) is 0 Å². The van der Waals surface area contributed by atoms with Crippen molar-refractivity contribution in [2.75, 3.05) is 18.6 Å². The van der Waals surface area contributed by atoms with Gasteiger partial charge >= 0.3 is 0 Å². The van der Waals surface area contributed by atoms with Crippen molar-refractivity contribution in [2.45, 2.75) is 13.0 Å². The summed E-state index contributed by atoms with van der Waals surface area (Å²) in [6, 6.07) is 17.9. The van der Waals surface area contributed by atoms with Crippen molar-refractivity contribution in [1.29, 1.82) is 0 Å². The molecule has 1 radical (unpaired) electrons. The maximum atomic E-state index is 13.8. The van der Waals surface area contributed by atoms with Gasteiger partial charge in [0.2, 0.25) is 0 Å². The van der Waals surface area contributed by atoms with Crippen LogP contribution in [0.4, 0.5) is 10.1 Å². The lowest BCUT2D eigenvalue weighted by Gasteiger charge is -2.18. The fourth-order valence-corrected chi connectivity index (χ4v) is 2.43. The van der Waals surface area contributed by atoms with Gasteiger partial charge in [0, 0.05) is 32.6 Å². The second kappa shape index (κ2) is 5.95. The van der Waals surface area contributed by atoms with Crippen LogP contribution in [0, 0.1) is 11.9 Å². The summed E-state index contributed by atoms with van der Waals surface area (Å²) in [4.78, 5) is 2.11. The molecule has 1 aliphatic heterocycles. The van der Waals surface area contributed by atoms with Gasteiger partial charge in [-0.2, -0.15) is 5.10 Å². The first-order valence-electron chi connectivity index (χ1n) is 7.00. The van der Waals surface area contributed by atoms with Gasteiger partial charge in [-0.05, 0) is 11.6 Å². The van der Waals surface area contributed by atoms with Gasteiger partial charge in [-0.15, -0.1) is 0 Å². The van der Waals surface area contributed by atoms with E-state index in [9.17, 15) is 4.39 Å². The summed E-state index contributed by atoms with van der Waals surface area (Å²) in [6.45, 7) is 1.49. The Morgan fingerprint density at radius 1 is 1.24 bits per heavy atom. The number of hydrogen-bond acceptors (Lipinski definition) is 3. The van der Waals surface area contributed by atoms with Gasteiger partial charge in [0.05, 0.1) is 0 Å². The maximum Gasteiger partial charge on any atom is 0.149 e. The van der Waals surface area contributed by atoms with E-state index in [2.05, 4.69) is 28.2 Å². The number of benzene rings is 2. The highest BCUT2D eigenvalue weighted by Crippen LogP contribution is 2.22. The van der Waals surface area contributed by atoms with Gasteiger partial charge < -0.3 is 4.90 Å². The minimum absolute atomic E-state index is 0.284. The fourth-order valence-electron chi connectivity index (χ4n) is 2.43. The Morgan fingerprint density at radius 3 is 2.81 bits per heavy atom. The largest absolute Gasteiger partial charge is 0.357 e. The Bertz CT molecular complexity index is 639. The number of halogens is 1. The minimum atomic E-state index is -0.284. The molecule has 0 atom stereocenters. The number of hydrazone groups is 1. The Morgan fingerprint density at radius 2 is 2.05 bits per heavy atom. The van der Waals surface area contributed by atoms with E-state index < -0.39 is 0 Å². The average molecular weight is 282 g/mol. The summed E-state index contributed by atoms with van der Waals surface area (Å²) in [5.74, 6) is 0.684. The molecule has 0 aliphatic carbocycles. The lowest BCUT2D eigenvalue weighted by molar-refractivity contribution is 0.494. The molecular weight excluding hydrogens is 265 g/mol. The van der Waals surface area contributed by atoms with Crippen molar-refractivity contribution in [1.82, 2.24) is 4.90 Å². The van der Waals surface area contributed by atoms with E-state index >= 15 is 0 Å². The van der Waals surface area contributed by atoms with Gasteiger partial charge in [0.15, 0.2) is 0 Å². The van der Waals surface area contributed by atoms with Gasteiger partial charge in [0.25, 0.3) is 0 Å². The molecule has 0 bridgehead atoms. The number of para-hydroxylation sites is 1. The first-order chi connectivity index (χ1) is 10.2. The van der Waals surface area contributed by atoms with Crippen molar-refractivity contribution in [2.24, 2.45) is 5.10 Å². The molecule has 0 N–H and O–H groups in total. The monoisotopic (exact) mass is 282 g/mol. The smallest absolute Gasteiger partial charge is 0.149 e. The van der Waals surface area contributed by atoms with E-state index in [0.29, 0.717) is 12.2 Å². The van der Waals surface area contributed by atoms with E-state index in [1.165, 1.54) is 11.6 Å². The van der Waals surface area contributed by atoms with Crippen LogP contribution < -0.4 is 5.01 Å². The molecule has 0 spiro atoms. The summed E-state index contributed by atoms with van der Waals surface area (Å²) >= 11 is 0. The number of hydrogen-bond donors (Lipinski definition) is 0. The first kappa shape index (κ1) is 13.6. The van der Waals surface area contributed by atoms with Crippen LogP contribution in [-0.2, 0) is 6.54 Å². The van der Waals surface area contributed by atoms with Crippen LogP contribution in [-0.4, -0.2) is 24.3 Å². The fraction of sp³-hybridized carbons (Fsp3) is 0.235. The molecule has 2 aromatic carbocycles. The van der Waals surface area contributed by atoms with Gasteiger partial charge in [-0.1, -0.05) is 42.5 Å². The zero-order chi connectivity index (χ0) is 14.7. The van der Waals surface area contributed by atoms with Gasteiger partial charge in [-0.25, -0.2) is 4.39 Å². The molecule has 4 heteroatoms. The predicted molar refractivity (Wildman–Crippen MR) is 82.5 cm³/mol. The van der Waals surface area contributed by atoms with Crippen LogP contribution in [0.1, 0.15) is 12.0 Å². The summed E-state index contributed by atoms with van der Waals surface area (Å²) in [5.41, 5.74) is 1.65. The minimum Gasteiger partial charge on any atom is -0.357 e. The van der Waals surface area contributed by atoms with Gasteiger partial charge in [-0.3, -0.25) is 5.01 Å². The average Bonchev–Trinajstić information content (AvgIpc) is 2.98. The molecule has 0 amide bonds. The molecule has 107 valence electrons. The number of anilines is 1. The zero-order valence-electron chi connectivity index (χ0n) is 12.0. The number of rotatable bonds is 3. The number of amidine groups is 1. The summed E-state index contributed by atoms with van der Waals surface area (Å²) in [6.07, 6.45) is 0.811. The van der Waals surface area contributed by atoms with Crippen molar-refractivity contribution >= 4 is 11.5 Å². The SMILES string of the molecule is CN(Cc1ccccc1)C1=NN(c2[c]cccc2F)CC1. The summed E-state index contributed by atoms with van der Waals surface area (Å²) in [7, 11) is 2.01. The molecule has 1 aliphatic rings. The third-order valence-corrected chi connectivity index (χ3v) is 3.53. The van der Waals surface area contributed by atoms with E-state index in [0.717, 1.165) is 18.8 Å². The van der Waals surface area contributed by atoms with Gasteiger partial charge in [0.1, 0.15) is 17.3 Å². The Labute approximate surface area is 124 Å². The second-order valence-corrected chi connectivity index (χ2v) is 5.10. The Kier molecular flexibility index (Phi) is 3.86. The van der Waals surface area contributed by atoms with E-state index in [1.54, 1.807) is 17.1 Å². The van der Waals surface area contributed by atoms with E-state index in [-0.39, 0.29) is 5.82 Å². The molecule has 0 saturated heterocycles. The highest BCUT2D eigenvalue weighted by atomic mass is 19.1. The van der Waals surface area contributed by atoms with Crippen molar-refractivity contribution in [3.05, 3.63) is 66.0 Å². The quantitative estimate of drug-likeness (QED) is 0.860. The van der Waals surface area contributed by atoms with Crippen LogP contribution in [0.25, 0.3) is 0 Å². The van der Waals surface area contributed by atoms with E-state index in [4.69, 9.17) is 0 Å². The molecule has 1 heterocycles. The molecule has 0 fully saturated rings. The number of nitrogens with zero attached hydrogens (tertiary/aromatic N) is 3. The normalized spacial score (nSPS) is 14.2. The van der Waals surface area contributed by atoms with Crippen molar-refractivity contribution < 1.29 is 4.39 Å². The van der Waals surface area contributed by atoms with Crippen molar-refractivity contribution in [3.63, 3.8) is 0 Å². The molecule has 3 rings (SSSR count). The first-order valence-corrected chi connectivity index (χ1v) is 7.00. The highest BCUT2D eigenvalue weighted by Gasteiger charge is 2.21. The lowest BCUT2D eigenvalue weighted by atomic mass is 10.2. The summed E-state index contributed by atoms with van der Waals surface area (Å²) < 4.78 is 13.8. The molecule has 2 aromatic rings. The second-order valence-electron chi connectivity index (χ2n) is 5.10. The molecule has 0 aromatic heterocycles. The van der Waals surface area contributed by atoms with E-state index in [1.807, 2.05) is 25.2 Å². The molecule has 3 nitrogen and oxygen atoms in total. The van der Waals surface area contributed by atoms with Crippen LogP contribution in [0.2, 0.25) is 0 Å². The third kappa shape index (κ3) is 3.05. The standard InChI is InChI=1S/C17H17FN3/c1-20(13-14-7-3-2-4-8-14)17-11-12-21(19-17)16-10-6-5-9-15(16)18/h2-9H,11-13H2,1H3.